The Bertz CT molecular complexity index is 4150. The van der Waals surface area contributed by atoms with Crippen molar-refractivity contribution in [2.45, 2.75) is 0 Å². The standard InChI is InChI=1S/C56H34/c1-2-8-35(9-3-1)47-26-20-39-25-31-52-49(28-22-40-24-30-50(47)55(39)56(40)52)46-17-7-15-44(34-46)42-13-5-12-41(32-42)43-14-6-16-45(33-43)48-27-21-38-19-18-36-10-4-11-37-23-29-51(48)54(38)53(36)37/h1-34H/i5D,6D,7D,12D,13D,14D,15D,16D,17D,32D,33D,34D. The third-order valence-electron chi connectivity index (χ3n) is 11.2. The van der Waals surface area contributed by atoms with E-state index in [1.54, 1.807) is 12.1 Å². The lowest BCUT2D eigenvalue weighted by atomic mass is 9.87. The first-order chi connectivity index (χ1) is 32.8. The number of hydrogen-bond acceptors (Lipinski definition) is 0. The van der Waals surface area contributed by atoms with Crippen molar-refractivity contribution in [2.24, 2.45) is 0 Å². The van der Waals surface area contributed by atoms with Crippen molar-refractivity contribution >= 4 is 64.6 Å². The maximum atomic E-state index is 9.81. The van der Waals surface area contributed by atoms with Gasteiger partial charge in [0, 0.05) is 0 Å². The van der Waals surface area contributed by atoms with Crippen LogP contribution in [0.4, 0.5) is 0 Å². The number of rotatable bonds is 5. The van der Waals surface area contributed by atoms with E-state index >= 15 is 0 Å². The summed E-state index contributed by atoms with van der Waals surface area (Å²) < 4.78 is 112. The maximum Gasteiger partial charge on any atom is 0.0636 e. The topological polar surface area (TPSA) is 0 Å². The molecule has 0 amide bonds. The molecule has 0 heterocycles. The van der Waals surface area contributed by atoms with Gasteiger partial charge >= 0.3 is 0 Å². The van der Waals surface area contributed by atoms with Crippen LogP contribution in [0.2, 0.25) is 0 Å². The lowest BCUT2D eigenvalue weighted by Gasteiger charge is -2.17. The molecule has 0 heteroatoms. The van der Waals surface area contributed by atoms with Gasteiger partial charge in [-0.15, -0.1) is 0 Å². The Morgan fingerprint density at radius 3 is 1.05 bits per heavy atom. The van der Waals surface area contributed by atoms with Crippen LogP contribution < -0.4 is 0 Å². The highest BCUT2D eigenvalue weighted by molar-refractivity contribution is 6.28. The fourth-order valence-corrected chi connectivity index (χ4v) is 8.64. The summed E-state index contributed by atoms with van der Waals surface area (Å²) in [6.07, 6.45) is 0. The van der Waals surface area contributed by atoms with Gasteiger partial charge in [0.25, 0.3) is 0 Å². The average Bonchev–Trinajstić information content (AvgIpc) is 3.35. The highest BCUT2D eigenvalue weighted by Gasteiger charge is 2.16. The van der Waals surface area contributed by atoms with Gasteiger partial charge in [0.05, 0.1) is 16.4 Å². The fourth-order valence-electron chi connectivity index (χ4n) is 8.64. The second-order valence-corrected chi connectivity index (χ2v) is 14.2. The van der Waals surface area contributed by atoms with E-state index in [-0.39, 0.29) is 22.3 Å². The van der Waals surface area contributed by atoms with Crippen molar-refractivity contribution in [1.82, 2.24) is 0 Å². The van der Waals surface area contributed by atoms with Crippen LogP contribution in [-0.4, -0.2) is 0 Å². The van der Waals surface area contributed by atoms with Gasteiger partial charge in [-0.1, -0.05) is 188 Å². The van der Waals surface area contributed by atoms with Crippen molar-refractivity contribution in [1.29, 1.82) is 0 Å². The molecule has 0 spiro atoms. The molecule has 258 valence electrons. The molecule has 0 aliphatic carbocycles. The lowest BCUT2D eigenvalue weighted by Crippen LogP contribution is -1.90. The van der Waals surface area contributed by atoms with Crippen LogP contribution in [0.5, 0.6) is 0 Å². The van der Waals surface area contributed by atoms with Gasteiger partial charge in [-0.3, -0.25) is 0 Å². The molecular formula is C56H34. The van der Waals surface area contributed by atoms with Crippen LogP contribution in [0, 0.1) is 0 Å². The van der Waals surface area contributed by atoms with Crippen molar-refractivity contribution in [3.05, 3.63) is 206 Å². The summed E-state index contributed by atoms with van der Waals surface area (Å²) in [5.41, 5.74) is 1.26. The first-order valence-corrected chi connectivity index (χ1v) is 18.5. The molecule has 0 atom stereocenters. The summed E-state index contributed by atoms with van der Waals surface area (Å²) in [6.45, 7) is 0. The molecule has 12 rings (SSSR count). The minimum atomic E-state index is -0.714. The van der Waals surface area contributed by atoms with E-state index in [4.69, 9.17) is 4.11 Å². The smallest absolute Gasteiger partial charge is 0.0622 e. The summed E-state index contributed by atoms with van der Waals surface area (Å²) in [5.74, 6) is 0. The summed E-state index contributed by atoms with van der Waals surface area (Å²) in [5, 5.41) is 11.0. The Kier molecular flexibility index (Phi) is 4.67. The van der Waals surface area contributed by atoms with Crippen LogP contribution in [0.3, 0.4) is 0 Å². The first-order valence-electron chi connectivity index (χ1n) is 24.5. The predicted octanol–water partition coefficient (Wildman–Crippen LogP) is 15.8. The van der Waals surface area contributed by atoms with Gasteiger partial charge in [-0.2, -0.15) is 0 Å². The Balaban J connectivity index is 1.10. The monoisotopic (exact) mass is 718 g/mol. The molecule has 0 fully saturated rings. The van der Waals surface area contributed by atoms with Crippen LogP contribution in [0.1, 0.15) is 16.4 Å². The molecular weight excluding hydrogens is 673 g/mol. The normalized spacial score (nSPS) is 14.9. The van der Waals surface area contributed by atoms with E-state index in [1.165, 1.54) is 0 Å². The Hall–Kier alpha value is -7.28. The molecule has 0 radical (unpaired) electrons. The van der Waals surface area contributed by atoms with Gasteiger partial charge in [0.2, 0.25) is 0 Å². The molecule has 0 aromatic heterocycles. The Morgan fingerprint density at radius 2 is 0.589 bits per heavy atom. The molecule has 12 aromatic rings. The average molecular weight is 719 g/mol. The Labute approximate surface area is 342 Å². The second kappa shape index (κ2) is 12.1. The molecule has 0 bridgehead atoms. The Morgan fingerprint density at radius 1 is 0.250 bits per heavy atom. The third-order valence-corrected chi connectivity index (χ3v) is 11.2. The molecule has 0 aliphatic heterocycles. The number of hydrogen-bond donors (Lipinski definition) is 0. The zero-order valence-corrected chi connectivity index (χ0v) is 29.7. The second-order valence-electron chi connectivity index (χ2n) is 14.2. The first kappa shape index (κ1) is 21.6. The minimum absolute atomic E-state index is 0.0117. The van der Waals surface area contributed by atoms with Crippen LogP contribution >= 0.6 is 0 Å². The van der Waals surface area contributed by atoms with E-state index < -0.39 is 83.6 Å². The highest BCUT2D eigenvalue weighted by atomic mass is 14.2. The quantitative estimate of drug-likeness (QED) is 0.155. The van der Waals surface area contributed by atoms with E-state index in [2.05, 4.69) is 30.3 Å². The molecule has 0 aliphatic rings. The SMILES string of the molecule is [2H]c1c([2H])c(-c2c([2H])c([2H])c([2H])c(-c3ccc4ccc5cccc6ccc3c4c56)c2[2H])c([2H])c(-c2c([2H])c([2H])c([2H])c(-c3ccc4ccc5c(-c6ccccc6)ccc6ccc3c4c65)c2[2H])c1[2H]. The molecule has 0 saturated heterocycles. The third kappa shape index (κ3) is 4.73. The van der Waals surface area contributed by atoms with Gasteiger partial charge in [-0.25, -0.2) is 0 Å². The van der Waals surface area contributed by atoms with Crippen molar-refractivity contribution < 1.29 is 16.4 Å². The van der Waals surface area contributed by atoms with Crippen molar-refractivity contribution in [3.63, 3.8) is 0 Å². The highest BCUT2D eigenvalue weighted by Crippen LogP contribution is 2.44. The zero-order valence-electron chi connectivity index (χ0n) is 41.7. The van der Waals surface area contributed by atoms with Crippen LogP contribution in [0.25, 0.3) is 120 Å². The summed E-state index contributed by atoms with van der Waals surface area (Å²) in [7, 11) is 0. The van der Waals surface area contributed by atoms with E-state index in [0.717, 1.165) is 65.0 Å². The predicted molar refractivity (Wildman–Crippen MR) is 241 cm³/mol. The van der Waals surface area contributed by atoms with Gasteiger partial charge in [0.1, 0.15) is 0 Å². The largest absolute Gasteiger partial charge is 0.0636 e. The van der Waals surface area contributed by atoms with E-state index in [9.17, 15) is 12.3 Å². The molecule has 0 unspecified atom stereocenters. The number of benzene rings is 12. The minimum Gasteiger partial charge on any atom is -0.0622 e. The van der Waals surface area contributed by atoms with Gasteiger partial charge in [-0.05, 0) is 138 Å². The molecule has 0 saturated carbocycles. The van der Waals surface area contributed by atoms with Crippen molar-refractivity contribution in [2.75, 3.05) is 0 Å². The van der Waals surface area contributed by atoms with Gasteiger partial charge in [0.15, 0.2) is 0 Å². The summed E-state index contributed by atoms with van der Waals surface area (Å²) in [4.78, 5) is 0. The zero-order chi connectivity index (χ0) is 47.2. The maximum absolute atomic E-state index is 9.81. The van der Waals surface area contributed by atoms with Crippen LogP contribution in [0.15, 0.2) is 206 Å². The molecule has 0 nitrogen and oxygen atoms in total. The van der Waals surface area contributed by atoms with Crippen molar-refractivity contribution in [3.8, 4) is 55.6 Å². The van der Waals surface area contributed by atoms with Gasteiger partial charge < -0.3 is 0 Å². The van der Waals surface area contributed by atoms with Crippen LogP contribution in [-0.2, 0) is 0 Å². The summed E-state index contributed by atoms with van der Waals surface area (Å²) >= 11 is 0. The molecule has 56 heavy (non-hydrogen) atoms. The van der Waals surface area contributed by atoms with E-state index in [0.29, 0.717) is 21.9 Å². The fraction of sp³-hybridized carbons (Fsp3) is 0. The lowest BCUT2D eigenvalue weighted by molar-refractivity contribution is 1.58. The summed E-state index contributed by atoms with van der Waals surface area (Å²) in [6, 6.07) is 36.6. The molecule has 12 aromatic carbocycles. The molecule has 0 N–H and O–H groups in total. The van der Waals surface area contributed by atoms with E-state index in [1.807, 2.05) is 91.0 Å².